The van der Waals surface area contributed by atoms with Crippen LogP contribution in [0, 0.1) is 6.92 Å². The van der Waals surface area contributed by atoms with Gasteiger partial charge >= 0.3 is 6.03 Å². The van der Waals surface area contributed by atoms with E-state index in [0.717, 1.165) is 11.1 Å². The number of nitrogens with one attached hydrogen (secondary N) is 2. The Balaban J connectivity index is 1.93. The number of methoxy groups -OCH3 is 2. The SMILES string of the molecule is COc1ccc(C(C)(C)CNC(=O)NCc2cccc(C)c2)cc1OC. The van der Waals surface area contributed by atoms with Gasteiger partial charge in [-0.2, -0.15) is 0 Å². The highest BCUT2D eigenvalue weighted by Crippen LogP contribution is 2.32. The molecule has 0 spiro atoms. The average Bonchev–Trinajstić information content (AvgIpc) is 2.64. The molecule has 5 heteroatoms. The maximum atomic E-state index is 12.1. The summed E-state index contributed by atoms with van der Waals surface area (Å²) in [7, 11) is 3.23. The molecule has 0 aliphatic heterocycles. The largest absolute Gasteiger partial charge is 0.493 e. The standard InChI is InChI=1S/C21H28N2O3/c1-15-7-6-8-16(11-15)13-22-20(24)23-14-21(2,3)17-9-10-18(25-4)19(12-17)26-5/h6-12H,13-14H2,1-5H3,(H2,22,23,24). The van der Waals surface area contributed by atoms with Crippen molar-refractivity contribution in [1.82, 2.24) is 10.6 Å². The first-order valence-corrected chi connectivity index (χ1v) is 8.65. The minimum atomic E-state index is -0.250. The van der Waals surface area contributed by atoms with Crippen LogP contribution < -0.4 is 20.1 Å². The molecule has 0 radical (unpaired) electrons. The zero-order chi connectivity index (χ0) is 19.2. The summed E-state index contributed by atoms with van der Waals surface area (Å²) in [5.74, 6) is 1.37. The molecular formula is C21H28N2O3. The summed E-state index contributed by atoms with van der Waals surface area (Å²) in [6, 6.07) is 13.7. The molecule has 2 N–H and O–H groups in total. The van der Waals surface area contributed by atoms with Crippen LogP contribution in [0.3, 0.4) is 0 Å². The average molecular weight is 356 g/mol. The predicted molar refractivity (Wildman–Crippen MR) is 104 cm³/mol. The van der Waals surface area contributed by atoms with Gasteiger partial charge in [0.2, 0.25) is 0 Å². The number of hydrogen-bond acceptors (Lipinski definition) is 3. The van der Waals surface area contributed by atoms with Crippen LogP contribution in [0.25, 0.3) is 0 Å². The van der Waals surface area contributed by atoms with Crippen molar-refractivity contribution in [3.05, 3.63) is 59.2 Å². The number of aryl methyl sites for hydroxylation is 1. The maximum Gasteiger partial charge on any atom is 0.315 e. The molecule has 2 aromatic carbocycles. The normalized spacial score (nSPS) is 11.0. The van der Waals surface area contributed by atoms with E-state index >= 15 is 0 Å². The second-order valence-corrected chi connectivity index (χ2v) is 6.98. The van der Waals surface area contributed by atoms with Gasteiger partial charge in [0, 0.05) is 18.5 Å². The van der Waals surface area contributed by atoms with Crippen LogP contribution in [0.5, 0.6) is 11.5 Å². The van der Waals surface area contributed by atoms with Gasteiger partial charge in [0.05, 0.1) is 14.2 Å². The maximum absolute atomic E-state index is 12.1. The first-order valence-electron chi connectivity index (χ1n) is 8.65. The van der Waals surface area contributed by atoms with Gasteiger partial charge in [0.15, 0.2) is 11.5 Å². The lowest BCUT2D eigenvalue weighted by Gasteiger charge is -2.26. The fraction of sp³-hybridized carbons (Fsp3) is 0.381. The Bertz CT molecular complexity index is 757. The summed E-state index contributed by atoms with van der Waals surface area (Å²) in [6.45, 7) is 7.20. The van der Waals surface area contributed by atoms with Crippen molar-refractivity contribution in [1.29, 1.82) is 0 Å². The van der Waals surface area contributed by atoms with E-state index in [0.29, 0.717) is 24.6 Å². The second-order valence-electron chi connectivity index (χ2n) is 6.98. The highest BCUT2D eigenvalue weighted by Gasteiger charge is 2.23. The zero-order valence-corrected chi connectivity index (χ0v) is 16.2. The van der Waals surface area contributed by atoms with Crippen LogP contribution in [0.2, 0.25) is 0 Å². The summed E-state index contributed by atoms with van der Waals surface area (Å²) in [4.78, 5) is 12.1. The van der Waals surface area contributed by atoms with Gasteiger partial charge < -0.3 is 20.1 Å². The smallest absolute Gasteiger partial charge is 0.315 e. The molecule has 2 aromatic rings. The van der Waals surface area contributed by atoms with Crippen LogP contribution in [-0.4, -0.2) is 26.8 Å². The number of urea groups is 1. The fourth-order valence-corrected chi connectivity index (χ4v) is 2.73. The van der Waals surface area contributed by atoms with E-state index in [1.807, 2.05) is 43.3 Å². The summed E-state index contributed by atoms with van der Waals surface area (Å²) < 4.78 is 10.6. The van der Waals surface area contributed by atoms with Gasteiger partial charge in [-0.05, 0) is 30.2 Å². The number of rotatable bonds is 7. The van der Waals surface area contributed by atoms with Crippen molar-refractivity contribution in [3.63, 3.8) is 0 Å². The second kappa shape index (κ2) is 8.61. The van der Waals surface area contributed by atoms with Gasteiger partial charge in [-0.25, -0.2) is 4.79 Å². The molecule has 0 bridgehead atoms. The van der Waals surface area contributed by atoms with E-state index < -0.39 is 0 Å². The van der Waals surface area contributed by atoms with E-state index in [2.05, 4.69) is 30.5 Å². The highest BCUT2D eigenvalue weighted by molar-refractivity contribution is 5.74. The topological polar surface area (TPSA) is 59.6 Å². The molecule has 2 rings (SSSR count). The Hall–Kier alpha value is -2.69. The van der Waals surface area contributed by atoms with Crippen molar-refractivity contribution in [3.8, 4) is 11.5 Å². The van der Waals surface area contributed by atoms with Gasteiger partial charge in [0.1, 0.15) is 0 Å². The summed E-state index contributed by atoms with van der Waals surface area (Å²) in [5.41, 5.74) is 3.08. The van der Waals surface area contributed by atoms with Crippen molar-refractivity contribution < 1.29 is 14.3 Å². The summed E-state index contributed by atoms with van der Waals surface area (Å²) in [5, 5.41) is 5.85. The van der Waals surface area contributed by atoms with Crippen LogP contribution in [0.1, 0.15) is 30.5 Å². The monoisotopic (exact) mass is 356 g/mol. The van der Waals surface area contributed by atoms with E-state index in [9.17, 15) is 4.79 Å². The minimum Gasteiger partial charge on any atom is -0.493 e. The van der Waals surface area contributed by atoms with E-state index in [1.54, 1.807) is 14.2 Å². The van der Waals surface area contributed by atoms with Crippen LogP contribution in [-0.2, 0) is 12.0 Å². The number of hydrogen-bond donors (Lipinski definition) is 2. The molecule has 26 heavy (non-hydrogen) atoms. The molecule has 2 amide bonds. The number of amides is 2. The van der Waals surface area contributed by atoms with Crippen molar-refractivity contribution in [2.24, 2.45) is 0 Å². The highest BCUT2D eigenvalue weighted by atomic mass is 16.5. The molecule has 0 unspecified atom stereocenters. The third-order valence-corrected chi connectivity index (χ3v) is 4.39. The first-order chi connectivity index (χ1) is 12.4. The van der Waals surface area contributed by atoms with E-state index in [-0.39, 0.29) is 11.4 Å². The molecule has 0 aliphatic carbocycles. The van der Waals surface area contributed by atoms with Crippen molar-refractivity contribution in [2.75, 3.05) is 20.8 Å². The lowest BCUT2D eigenvalue weighted by molar-refractivity contribution is 0.238. The molecule has 5 nitrogen and oxygen atoms in total. The van der Waals surface area contributed by atoms with E-state index in [4.69, 9.17) is 9.47 Å². The molecule has 0 aromatic heterocycles. The molecular weight excluding hydrogens is 328 g/mol. The predicted octanol–water partition coefficient (Wildman–Crippen LogP) is 3.79. The van der Waals surface area contributed by atoms with Crippen molar-refractivity contribution >= 4 is 6.03 Å². The van der Waals surface area contributed by atoms with Gasteiger partial charge in [-0.15, -0.1) is 0 Å². The molecule has 0 saturated carbocycles. The Morgan fingerprint density at radius 3 is 2.38 bits per heavy atom. The molecule has 140 valence electrons. The lowest BCUT2D eigenvalue weighted by atomic mass is 9.84. The van der Waals surface area contributed by atoms with Crippen LogP contribution >= 0.6 is 0 Å². The zero-order valence-electron chi connectivity index (χ0n) is 16.2. The fourth-order valence-electron chi connectivity index (χ4n) is 2.73. The quantitative estimate of drug-likeness (QED) is 0.793. The number of benzene rings is 2. The molecule has 0 saturated heterocycles. The number of carbonyl (C=O) groups is 1. The third kappa shape index (κ3) is 5.15. The molecule has 0 fully saturated rings. The Morgan fingerprint density at radius 2 is 1.73 bits per heavy atom. The Kier molecular flexibility index (Phi) is 6.50. The van der Waals surface area contributed by atoms with E-state index in [1.165, 1.54) is 5.56 Å². The minimum absolute atomic E-state index is 0.181. The van der Waals surface area contributed by atoms with Crippen molar-refractivity contribution in [2.45, 2.75) is 32.7 Å². The van der Waals surface area contributed by atoms with Crippen LogP contribution in [0.4, 0.5) is 4.79 Å². The Morgan fingerprint density at radius 1 is 1.00 bits per heavy atom. The molecule has 0 atom stereocenters. The lowest BCUT2D eigenvalue weighted by Crippen LogP contribution is -2.42. The molecule has 0 heterocycles. The molecule has 0 aliphatic rings. The third-order valence-electron chi connectivity index (χ3n) is 4.39. The Labute approximate surface area is 155 Å². The number of ether oxygens (including phenoxy) is 2. The van der Waals surface area contributed by atoms with Gasteiger partial charge in [0.25, 0.3) is 0 Å². The summed E-state index contributed by atoms with van der Waals surface area (Å²) >= 11 is 0. The first kappa shape index (κ1) is 19.6. The summed E-state index contributed by atoms with van der Waals surface area (Å²) in [6.07, 6.45) is 0. The van der Waals surface area contributed by atoms with Gasteiger partial charge in [-0.3, -0.25) is 0 Å². The number of carbonyl (C=O) groups excluding carboxylic acids is 1. The van der Waals surface area contributed by atoms with Gasteiger partial charge in [-0.1, -0.05) is 49.7 Å². The van der Waals surface area contributed by atoms with Crippen LogP contribution in [0.15, 0.2) is 42.5 Å².